The van der Waals surface area contributed by atoms with E-state index in [0.717, 1.165) is 6.07 Å². The Morgan fingerprint density at radius 2 is 1.91 bits per heavy atom. The smallest absolute Gasteiger partial charge is 0.475 e. The third-order valence-electron chi connectivity index (χ3n) is 5.07. The van der Waals surface area contributed by atoms with Crippen LogP contribution in [0.1, 0.15) is 43.4 Å². The molecule has 0 amide bonds. The van der Waals surface area contributed by atoms with E-state index in [1.54, 1.807) is 26.8 Å². The van der Waals surface area contributed by atoms with Crippen LogP contribution in [0.5, 0.6) is 5.88 Å². The molecule has 2 heterocycles. The van der Waals surface area contributed by atoms with Crippen molar-refractivity contribution in [2.45, 2.75) is 39.0 Å². The van der Waals surface area contributed by atoms with Gasteiger partial charge in [0.15, 0.2) is 0 Å². The highest BCUT2D eigenvalue weighted by Crippen LogP contribution is 2.49. The van der Waals surface area contributed by atoms with Crippen molar-refractivity contribution in [2.75, 3.05) is 32.6 Å². The molecular formula is C24H28F3N3O4. The van der Waals surface area contributed by atoms with Crippen LogP contribution in [0.15, 0.2) is 48.0 Å². The second-order valence-electron chi connectivity index (χ2n) is 8.38. The molecule has 10 heteroatoms. The topological polar surface area (TPSA) is 72.9 Å². The lowest BCUT2D eigenvalue weighted by molar-refractivity contribution is -0.138. The molecule has 3 rings (SSSR count). The number of nitrogens with one attached hydrogen (secondary N) is 1. The molecule has 0 fully saturated rings. The number of halogens is 3. The van der Waals surface area contributed by atoms with Gasteiger partial charge < -0.3 is 24.4 Å². The number of carbonyl (C=O) groups excluding carboxylic acids is 1. The number of likely N-dealkylation sites (N-methyl/N-ethyl adjacent to an activating group) is 1. The Bertz CT molecular complexity index is 1070. The molecule has 1 aromatic carbocycles. The monoisotopic (exact) mass is 479 g/mol. The molecule has 1 aromatic heterocycles. The van der Waals surface area contributed by atoms with E-state index in [9.17, 15) is 18.0 Å². The van der Waals surface area contributed by atoms with Gasteiger partial charge >= 0.3 is 12.3 Å². The number of nitrogens with zero attached hydrogens (tertiary/aromatic N) is 2. The van der Waals surface area contributed by atoms with Gasteiger partial charge in [-0.25, -0.2) is 9.78 Å². The molecular weight excluding hydrogens is 451 g/mol. The quantitative estimate of drug-likeness (QED) is 0.534. The van der Waals surface area contributed by atoms with E-state index in [0.29, 0.717) is 23.5 Å². The Labute approximate surface area is 196 Å². The van der Waals surface area contributed by atoms with Gasteiger partial charge in [-0.05, 0) is 52.6 Å². The zero-order valence-electron chi connectivity index (χ0n) is 19.7. The molecule has 1 aliphatic rings. The maximum atomic E-state index is 14.0. The van der Waals surface area contributed by atoms with E-state index in [2.05, 4.69) is 10.3 Å². The summed E-state index contributed by atoms with van der Waals surface area (Å²) in [5.74, 6) is -0.977. The molecule has 0 saturated heterocycles. The number of anilines is 1. The van der Waals surface area contributed by atoms with E-state index in [1.807, 2.05) is 19.0 Å². The minimum absolute atomic E-state index is 0.0133. The average Bonchev–Trinajstić information content (AvgIpc) is 2.73. The van der Waals surface area contributed by atoms with Crippen LogP contribution in [-0.4, -0.2) is 49.4 Å². The summed E-state index contributed by atoms with van der Waals surface area (Å²) in [5.41, 5.74) is 0.297. The third-order valence-corrected chi connectivity index (χ3v) is 5.07. The molecule has 1 aliphatic heterocycles. The van der Waals surface area contributed by atoms with Crippen LogP contribution in [-0.2, 0) is 15.7 Å². The van der Waals surface area contributed by atoms with Crippen LogP contribution in [0.25, 0.3) is 0 Å². The van der Waals surface area contributed by atoms with Crippen LogP contribution < -0.4 is 10.1 Å². The molecule has 0 bridgehead atoms. The number of ether oxygens (including phenoxy) is 3. The Morgan fingerprint density at radius 1 is 1.21 bits per heavy atom. The first-order chi connectivity index (χ1) is 16.0. The molecule has 0 saturated carbocycles. The highest BCUT2D eigenvalue weighted by Gasteiger charge is 2.41. The van der Waals surface area contributed by atoms with Crippen molar-refractivity contribution in [1.29, 1.82) is 0 Å². The molecule has 0 aliphatic carbocycles. The van der Waals surface area contributed by atoms with E-state index >= 15 is 0 Å². The lowest BCUT2D eigenvalue weighted by atomic mass is 9.83. The van der Waals surface area contributed by atoms with Gasteiger partial charge in [0.1, 0.15) is 12.4 Å². The number of aromatic nitrogens is 1. The van der Waals surface area contributed by atoms with Crippen molar-refractivity contribution in [3.63, 3.8) is 0 Å². The van der Waals surface area contributed by atoms with Gasteiger partial charge in [-0.15, -0.1) is 0 Å². The van der Waals surface area contributed by atoms with E-state index in [-0.39, 0.29) is 29.9 Å². The van der Waals surface area contributed by atoms with Crippen molar-refractivity contribution in [1.82, 2.24) is 9.88 Å². The summed E-state index contributed by atoms with van der Waals surface area (Å²) in [6.45, 7) is 5.73. The highest BCUT2D eigenvalue weighted by molar-refractivity contribution is 5.70. The Morgan fingerprint density at radius 3 is 2.56 bits per heavy atom. The number of fused-ring (bicyclic) bond motifs is 1. The maximum Gasteiger partial charge on any atom is 0.513 e. The summed E-state index contributed by atoms with van der Waals surface area (Å²) >= 11 is 0. The molecule has 0 radical (unpaired) electrons. The van der Waals surface area contributed by atoms with Crippen LogP contribution >= 0.6 is 0 Å². The summed E-state index contributed by atoms with van der Waals surface area (Å²) in [6.07, 6.45) is -4.42. The Balaban J connectivity index is 2.14. The zero-order valence-corrected chi connectivity index (χ0v) is 19.7. The number of alkyl halides is 3. The van der Waals surface area contributed by atoms with Gasteiger partial charge in [0.2, 0.25) is 5.88 Å². The first kappa shape index (κ1) is 25.4. The van der Waals surface area contributed by atoms with Crippen molar-refractivity contribution in [3.05, 3.63) is 64.7 Å². The summed E-state index contributed by atoms with van der Waals surface area (Å²) < 4.78 is 58.5. The number of hydrogen-bond acceptors (Lipinski definition) is 7. The van der Waals surface area contributed by atoms with Gasteiger partial charge in [-0.3, -0.25) is 0 Å². The second kappa shape index (κ2) is 10.3. The molecule has 2 aromatic rings. The van der Waals surface area contributed by atoms with Crippen LogP contribution in [0.3, 0.4) is 0 Å². The van der Waals surface area contributed by atoms with Gasteiger partial charge in [-0.2, -0.15) is 13.2 Å². The lowest BCUT2D eigenvalue weighted by Gasteiger charge is -2.32. The van der Waals surface area contributed by atoms with E-state index < -0.39 is 23.8 Å². The van der Waals surface area contributed by atoms with Crippen LogP contribution in [0.4, 0.5) is 23.7 Å². The zero-order chi connectivity index (χ0) is 25.0. The summed E-state index contributed by atoms with van der Waals surface area (Å²) in [4.78, 5) is 18.6. The first-order valence-electron chi connectivity index (χ1n) is 10.8. The molecule has 1 unspecified atom stereocenters. The molecule has 7 nitrogen and oxygen atoms in total. The number of benzene rings is 1. The van der Waals surface area contributed by atoms with Crippen LogP contribution in [0, 0.1) is 0 Å². The molecule has 34 heavy (non-hydrogen) atoms. The normalized spacial score (nSPS) is 15.8. The maximum absolute atomic E-state index is 14.0. The van der Waals surface area contributed by atoms with Crippen LogP contribution in [0.2, 0.25) is 0 Å². The number of allylic oxidation sites excluding steroid dienone is 2. The molecule has 184 valence electrons. The van der Waals surface area contributed by atoms with Crippen molar-refractivity contribution in [3.8, 4) is 5.88 Å². The largest absolute Gasteiger partial charge is 0.513 e. The standard InChI is InChI=1S/C24H28F3N3O4/c1-14(2)33-22-20-18(10-11-28-22)29-15(3)21(34-23(31)32-13-12-30(4)5)19(20)16-8-6-7-9-17(16)24(25,26)27/h6-11,14,19,29H,12-13H2,1-5H3. The Hall–Kier alpha value is -3.27. The van der Waals surface area contributed by atoms with Gasteiger partial charge in [0, 0.05) is 18.4 Å². The minimum atomic E-state index is -4.63. The number of pyridine rings is 1. The SMILES string of the molecule is CC1=C(OC(=O)OCCN(C)C)C(c2ccccc2C(F)(F)F)c2c(ccnc2OC(C)C)N1. The number of carbonyl (C=O) groups is 1. The predicted molar refractivity (Wildman–Crippen MR) is 121 cm³/mol. The van der Waals surface area contributed by atoms with Crippen molar-refractivity contribution in [2.24, 2.45) is 0 Å². The summed E-state index contributed by atoms with van der Waals surface area (Å²) in [5, 5.41) is 3.10. The minimum Gasteiger partial charge on any atom is -0.475 e. The third kappa shape index (κ3) is 5.80. The predicted octanol–water partition coefficient (Wildman–Crippen LogP) is 5.39. The molecule has 1 atom stereocenters. The van der Waals surface area contributed by atoms with E-state index in [1.165, 1.54) is 24.4 Å². The highest BCUT2D eigenvalue weighted by atomic mass is 19.4. The average molecular weight is 479 g/mol. The fourth-order valence-corrected chi connectivity index (χ4v) is 3.64. The van der Waals surface area contributed by atoms with Crippen molar-refractivity contribution < 1.29 is 32.2 Å². The summed E-state index contributed by atoms with van der Waals surface area (Å²) in [6, 6.07) is 6.83. The molecule has 0 spiro atoms. The first-order valence-corrected chi connectivity index (χ1v) is 10.8. The number of hydrogen-bond donors (Lipinski definition) is 1. The Kier molecular flexibility index (Phi) is 7.71. The summed E-state index contributed by atoms with van der Waals surface area (Å²) in [7, 11) is 3.63. The lowest BCUT2D eigenvalue weighted by Crippen LogP contribution is -2.26. The van der Waals surface area contributed by atoms with E-state index in [4.69, 9.17) is 14.2 Å². The van der Waals surface area contributed by atoms with Gasteiger partial charge in [0.25, 0.3) is 0 Å². The van der Waals surface area contributed by atoms with Crippen molar-refractivity contribution >= 4 is 11.8 Å². The second-order valence-corrected chi connectivity index (χ2v) is 8.38. The van der Waals surface area contributed by atoms with Gasteiger partial charge in [-0.1, -0.05) is 18.2 Å². The van der Waals surface area contributed by atoms with Gasteiger partial charge in [0.05, 0.1) is 28.8 Å². The fraction of sp³-hybridized carbons (Fsp3) is 0.417. The number of rotatable bonds is 7. The molecule has 1 N–H and O–H groups in total. The fourth-order valence-electron chi connectivity index (χ4n) is 3.64.